The first-order chi connectivity index (χ1) is 12.1. The van der Waals surface area contributed by atoms with Gasteiger partial charge in [-0.25, -0.2) is 4.98 Å². The van der Waals surface area contributed by atoms with E-state index in [2.05, 4.69) is 10.2 Å². The Bertz CT molecular complexity index is 1080. The molecule has 0 aliphatic carbocycles. The maximum absolute atomic E-state index is 9.58. The lowest BCUT2D eigenvalue weighted by atomic mass is 9.97. The standard InChI is InChI=1S/C19H17N3O3/c1-10-16-13(8-15(24-2)18(10)25-3)17(11-4-6-12(23)7-5-11)21-19-14(16)9-20-22-19/h4-9,23H,1-3H3,(H,20,21,22). The molecule has 4 rings (SSSR count). The van der Waals surface area contributed by atoms with E-state index in [1.54, 1.807) is 32.5 Å². The summed E-state index contributed by atoms with van der Waals surface area (Å²) in [7, 11) is 3.25. The highest BCUT2D eigenvalue weighted by molar-refractivity contribution is 6.12. The van der Waals surface area contributed by atoms with Crippen molar-refractivity contribution in [1.82, 2.24) is 15.2 Å². The summed E-state index contributed by atoms with van der Waals surface area (Å²) in [5.41, 5.74) is 3.35. The average molecular weight is 335 g/mol. The van der Waals surface area contributed by atoms with Crippen molar-refractivity contribution in [2.45, 2.75) is 6.92 Å². The highest BCUT2D eigenvalue weighted by atomic mass is 16.5. The summed E-state index contributed by atoms with van der Waals surface area (Å²) < 4.78 is 11.1. The van der Waals surface area contributed by atoms with E-state index in [1.165, 1.54) is 0 Å². The first-order valence-corrected chi connectivity index (χ1v) is 7.81. The molecule has 2 aromatic heterocycles. The minimum absolute atomic E-state index is 0.214. The number of rotatable bonds is 3. The molecule has 0 fully saturated rings. The molecular weight excluding hydrogens is 318 g/mol. The van der Waals surface area contributed by atoms with Gasteiger partial charge in [0, 0.05) is 27.3 Å². The van der Waals surface area contributed by atoms with E-state index in [-0.39, 0.29) is 5.75 Å². The number of nitrogens with zero attached hydrogens (tertiary/aromatic N) is 2. The molecule has 0 aliphatic rings. The number of aryl methyl sites for hydroxylation is 1. The van der Waals surface area contributed by atoms with Crippen molar-refractivity contribution in [2.75, 3.05) is 14.2 Å². The molecule has 0 saturated heterocycles. The number of hydrogen-bond donors (Lipinski definition) is 2. The third-order valence-electron chi connectivity index (χ3n) is 4.42. The number of pyridine rings is 1. The van der Waals surface area contributed by atoms with Crippen molar-refractivity contribution >= 4 is 21.8 Å². The lowest BCUT2D eigenvalue weighted by Gasteiger charge is -2.16. The highest BCUT2D eigenvalue weighted by Crippen LogP contribution is 2.42. The number of phenolic OH excluding ortho intramolecular Hbond substituents is 1. The van der Waals surface area contributed by atoms with Gasteiger partial charge in [-0.2, -0.15) is 5.10 Å². The van der Waals surface area contributed by atoms with Gasteiger partial charge in [0.05, 0.1) is 26.1 Å². The Morgan fingerprint density at radius 2 is 1.80 bits per heavy atom. The number of aromatic nitrogens is 3. The van der Waals surface area contributed by atoms with Crippen molar-refractivity contribution in [3.05, 3.63) is 42.1 Å². The van der Waals surface area contributed by atoms with Crippen LogP contribution >= 0.6 is 0 Å². The van der Waals surface area contributed by atoms with Crippen molar-refractivity contribution in [3.63, 3.8) is 0 Å². The Kier molecular flexibility index (Phi) is 3.46. The lowest BCUT2D eigenvalue weighted by molar-refractivity contribution is 0.354. The van der Waals surface area contributed by atoms with E-state index < -0.39 is 0 Å². The summed E-state index contributed by atoms with van der Waals surface area (Å²) in [6, 6.07) is 8.90. The van der Waals surface area contributed by atoms with E-state index in [9.17, 15) is 5.11 Å². The van der Waals surface area contributed by atoms with Gasteiger partial charge in [0.2, 0.25) is 0 Å². The Morgan fingerprint density at radius 1 is 1.04 bits per heavy atom. The van der Waals surface area contributed by atoms with Gasteiger partial charge in [0.15, 0.2) is 17.1 Å². The number of nitrogens with one attached hydrogen (secondary N) is 1. The number of aromatic hydroxyl groups is 1. The van der Waals surface area contributed by atoms with Gasteiger partial charge < -0.3 is 14.6 Å². The predicted octanol–water partition coefficient (Wildman–Crippen LogP) is 3.81. The molecule has 25 heavy (non-hydrogen) atoms. The number of phenols is 1. The van der Waals surface area contributed by atoms with Gasteiger partial charge >= 0.3 is 0 Å². The monoisotopic (exact) mass is 335 g/mol. The van der Waals surface area contributed by atoms with Crippen LogP contribution in [0.1, 0.15) is 5.56 Å². The first-order valence-electron chi connectivity index (χ1n) is 7.81. The van der Waals surface area contributed by atoms with Crippen molar-refractivity contribution in [1.29, 1.82) is 0 Å². The fraction of sp³-hybridized carbons (Fsp3) is 0.158. The lowest BCUT2D eigenvalue weighted by Crippen LogP contribution is -1.97. The van der Waals surface area contributed by atoms with Crippen LogP contribution in [0.4, 0.5) is 0 Å². The third-order valence-corrected chi connectivity index (χ3v) is 4.42. The van der Waals surface area contributed by atoms with Crippen LogP contribution in [0.2, 0.25) is 0 Å². The molecule has 0 radical (unpaired) electrons. The van der Waals surface area contributed by atoms with Gasteiger partial charge in [-0.05, 0) is 37.3 Å². The summed E-state index contributed by atoms with van der Waals surface area (Å²) in [5, 5.41) is 19.5. The van der Waals surface area contributed by atoms with Gasteiger partial charge in [0.1, 0.15) is 5.75 Å². The number of aromatic amines is 1. The zero-order valence-corrected chi connectivity index (χ0v) is 14.1. The van der Waals surface area contributed by atoms with E-state index in [4.69, 9.17) is 14.5 Å². The Balaban J connectivity index is 2.18. The molecule has 2 N–H and O–H groups in total. The largest absolute Gasteiger partial charge is 0.508 e. The molecule has 0 unspecified atom stereocenters. The maximum atomic E-state index is 9.58. The summed E-state index contributed by atoms with van der Waals surface area (Å²) >= 11 is 0. The number of H-pyrrole nitrogens is 1. The van der Waals surface area contributed by atoms with Crippen LogP contribution in [0.5, 0.6) is 17.2 Å². The summed E-state index contributed by atoms with van der Waals surface area (Å²) in [6.07, 6.45) is 1.77. The fourth-order valence-electron chi connectivity index (χ4n) is 3.27. The average Bonchev–Trinajstić information content (AvgIpc) is 3.09. The minimum atomic E-state index is 0.214. The number of fused-ring (bicyclic) bond motifs is 3. The van der Waals surface area contributed by atoms with Gasteiger partial charge in [-0.1, -0.05) is 0 Å². The number of ether oxygens (including phenoxy) is 2. The maximum Gasteiger partial charge on any atom is 0.164 e. The molecule has 0 bridgehead atoms. The van der Waals surface area contributed by atoms with Crippen LogP contribution in [0.3, 0.4) is 0 Å². The molecule has 6 nitrogen and oxygen atoms in total. The Labute approximate surface area is 144 Å². The van der Waals surface area contributed by atoms with Crippen LogP contribution < -0.4 is 9.47 Å². The number of benzene rings is 2. The summed E-state index contributed by atoms with van der Waals surface area (Å²) in [4.78, 5) is 4.74. The molecule has 0 amide bonds. The molecule has 0 aliphatic heterocycles. The van der Waals surface area contributed by atoms with E-state index in [0.717, 1.165) is 33.0 Å². The minimum Gasteiger partial charge on any atom is -0.508 e. The number of methoxy groups -OCH3 is 2. The molecule has 2 aromatic carbocycles. The molecule has 2 heterocycles. The quantitative estimate of drug-likeness (QED) is 0.595. The Morgan fingerprint density at radius 3 is 2.48 bits per heavy atom. The Hall–Kier alpha value is -3.28. The molecule has 0 saturated carbocycles. The first kappa shape index (κ1) is 15.3. The topological polar surface area (TPSA) is 80.3 Å². The van der Waals surface area contributed by atoms with Gasteiger partial charge in [0.25, 0.3) is 0 Å². The zero-order valence-electron chi connectivity index (χ0n) is 14.1. The fourth-order valence-corrected chi connectivity index (χ4v) is 3.27. The van der Waals surface area contributed by atoms with E-state index in [0.29, 0.717) is 17.1 Å². The smallest absolute Gasteiger partial charge is 0.164 e. The van der Waals surface area contributed by atoms with Crippen molar-refractivity contribution < 1.29 is 14.6 Å². The molecule has 126 valence electrons. The van der Waals surface area contributed by atoms with E-state index >= 15 is 0 Å². The normalized spacial score (nSPS) is 11.2. The van der Waals surface area contributed by atoms with E-state index in [1.807, 2.05) is 25.1 Å². The van der Waals surface area contributed by atoms with Crippen LogP contribution in [-0.4, -0.2) is 34.5 Å². The molecule has 0 atom stereocenters. The third kappa shape index (κ3) is 2.26. The second-order valence-corrected chi connectivity index (χ2v) is 5.80. The SMILES string of the molecule is COc1cc2c(-c3ccc(O)cc3)nc3[nH]ncc3c2c(C)c1OC. The molecule has 0 spiro atoms. The predicted molar refractivity (Wildman–Crippen MR) is 96.3 cm³/mol. The molecule has 4 aromatic rings. The van der Waals surface area contributed by atoms with Crippen LogP contribution in [-0.2, 0) is 0 Å². The van der Waals surface area contributed by atoms with Gasteiger partial charge in [-0.3, -0.25) is 5.10 Å². The zero-order chi connectivity index (χ0) is 17.6. The second-order valence-electron chi connectivity index (χ2n) is 5.80. The van der Waals surface area contributed by atoms with Gasteiger partial charge in [-0.15, -0.1) is 0 Å². The highest BCUT2D eigenvalue weighted by Gasteiger charge is 2.19. The van der Waals surface area contributed by atoms with Crippen LogP contribution in [0.15, 0.2) is 36.5 Å². The van der Waals surface area contributed by atoms with Crippen molar-refractivity contribution in [3.8, 4) is 28.5 Å². The van der Waals surface area contributed by atoms with Crippen molar-refractivity contribution in [2.24, 2.45) is 0 Å². The molecular formula is C19H17N3O3. The van der Waals surface area contributed by atoms with Crippen LogP contribution in [0, 0.1) is 6.92 Å². The molecule has 6 heteroatoms. The number of hydrogen-bond acceptors (Lipinski definition) is 5. The van der Waals surface area contributed by atoms with Crippen LogP contribution in [0.25, 0.3) is 33.1 Å². The second kappa shape index (κ2) is 5.66. The summed E-state index contributed by atoms with van der Waals surface area (Å²) in [5.74, 6) is 1.56. The summed E-state index contributed by atoms with van der Waals surface area (Å²) in [6.45, 7) is 2.00.